The molecule has 1 aliphatic heterocycles. The summed E-state index contributed by atoms with van der Waals surface area (Å²) in [5.74, 6) is 0. The number of aliphatic hydroxyl groups is 1. The Balaban J connectivity index is 1.87. The van der Waals surface area contributed by atoms with Crippen molar-refractivity contribution in [2.75, 3.05) is 50.0 Å². The fourth-order valence-corrected chi connectivity index (χ4v) is 2.83. The van der Waals surface area contributed by atoms with E-state index in [4.69, 9.17) is 10.8 Å². The minimum absolute atomic E-state index is 0.231. The van der Waals surface area contributed by atoms with Gasteiger partial charge in [0.1, 0.15) is 0 Å². The molecule has 1 aromatic heterocycles. The highest BCUT2D eigenvalue weighted by molar-refractivity contribution is 6.00. The van der Waals surface area contributed by atoms with Gasteiger partial charge in [0.05, 0.1) is 6.61 Å². The average molecular weight is 272 g/mol. The van der Waals surface area contributed by atoms with Gasteiger partial charge in [0, 0.05) is 67.3 Å². The van der Waals surface area contributed by atoms with Crippen LogP contribution in [0.3, 0.4) is 0 Å². The smallest absolute Gasteiger partial charge is 0.0558 e. The van der Waals surface area contributed by atoms with E-state index in [2.05, 4.69) is 20.9 Å². The van der Waals surface area contributed by atoms with Crippen molar-refractivity contribution < 1.29 is 5.11 Å². The lowest BCUT2D eigenvalue weighted by molar-refractivity contribution is 0.189. The van der Waals surface area contributed by atoms with Crippen LogP contribution in [-0.4, -0.2) is 54.3 Å². The number of hydrogen-bond donors (Lipinski definition) is 2. The Labute approximate surface area is 118 Å². The zero-order valence-corrected chi connectivity index (χ0v) is 11.5. The number of piperazine rings is 1. The number of nitrogen functional groups attached to an aromatic ring is 1. The maximum absolute atomic E-state index is 9.00. The van der Waals surface area contributed by atoms with Crippen molar-refractivity contribution in [3.05, 3.63) is 30.6 Å². The van der Waals surface area contributed by atoms with Crippen LogP contribution in [0, 0.1) is 0 Å². The summed E-state index contributed by atoms with van der Waals surface area (Å²) in [5, 5.41) is 11.2. The van der Waals surface area contributed by atoms with Crippen molar-refractivity contribution in [1.82, 2.24) is 9.88 Å². The lowest BCUT2D eigenvalue weighted by atomic mass is 10.1. The molecule has 1 aliphatic rings. The lowest BCUT2D eigenvalue weighted by Gasteiger charge is -2.36. The molecule has 106 valence electrons. The number of aromatic nitrogens is 1. The number of aliphatic hydroxyl groups excluding tert-OH is 1. The summed E-state index contributed by atoms with van der Waals surface area (Å²) >= 11 is 0. The van der Waals surface area contributed by atoms with Crippen LogP contribution in [0.4, 0.5) is 11.4 Å². The van der Waals surface area contributed by atoms with E-state index < -0.39 is 0 Å². The Morgan fingerprint density at radius 3 is 2.65 bits per heavy atom. The van der Waals surface area contributed by atoms with E-state index >= 15 is 0 Å². The summed E-state index contributed by atoms with van der Waals surface area (Å²) in [6.45, 7) is 4.88. The monoisotopic (exact) mass is 272 g/mol. The molecule has 0 saturated carbocycles. The van der Waals surface area contributed by atoms with E-state index in [-0.39, 0.29) is 6.61 Å². The largest absolute Gasteiger partial charge is 0.398 e. The van der Waals surface area contributed by atoms with E-state index in [0.717, 1.165) is 49.2 Å². The molecule has 1 fully saturated rings. The molecule has 3 N–H and O–H groups in total. The third-order valence-corrected chi connectivity index (χ3v) is 3.96. The number of β-amino-alcohol motifs (C(OH)–C–C–N with tert-alkyl or cyclic N) is 1. The first-order chi connectivity index (χ1) is 9.79. The van der Waals surface area contributed by atoms with E-state index in [0.29, 0.717) is 0 Å². The molecular weight excluding hydrogens is 252 g/mol. The van der Waals surface area contributed by atoms with Gasteiger partial charge >= 0.3 is 0 Å². The summed E-state index contributed by atoms with van der Waals surface area (Å²) in [7, 11) is 0. The Morgan fingerprint density at radius 1 is 1.10 bits per heavy atom. The Bertz CT molecular complexity index is 593. The van der Waals surface area contributed by atoms with Crippen molar-refractivity contribution in [3.63, 3.8) is 0 Å². The predicted molar refractivity (Wildman–Crippen MR) is 81.9 cm³/mol. The molecule has 0 amide bonds. The minimum Gasteiger partial charge on any atom is -0.398 e. The van der Waals surface area contributed by atoms with Gasteiger partial charge in [-0.2, -0.15) is 0 Å². The minimum atomic E-state index is 0.231. The molecule has 0 atom stereocenters. The number of fused-ring (bicyclic) bond motifs is 1. The first-order valence-electron chi connectivity index (χ1n) is 7.00. The molecule has 1 aromatic carbocycles. The summed E-state index contributed by atoms with van der Waals surface area (Å²) in [6.07, 6.45) is 3.67. The SMILES string of the molecule is Nc1ccc(N2CCN(CCO)CC2)c2cnccc12. The van der Waals surface area contributed by atoms with Crippen LogP contribution in [-0.2, 0) is 0 Å². The third-order valence-electron chi connectivity index (χ3n) is 3.96. The van der Waals surface area contributed by atoms with Gasteiger partial charge in [0.2, 0.25) is 0 Å². The second-order valence-electron chi connectivity index (χ2n) is 5.15. The molecule has 0 bridgehead atoms. The molecule has 0 spiro atoms. The maximum Gasteiger partial charge on any atom is 0.0558 e. The van der Waals surface area contributed by atoms with Crippen LogP contribution in [0.1, 0.15) is 0 Å². The molecule has 0 aliphatic carbocycles. The second kappa shape index (κ2) is 5.64. The van der Waals surface area contributed by atoms with Crippen LogP contribution in [0.15, 0.2) is 30.6 Å². The highest BCUT2D eigenvalue weighted by Crippen LogP contribution is 2.30. The zero-order valence-electron chi connectivity index (χ0n) is 11.5. The van der Waals surface area contributed by atoms with Crippen molar-refractivity contribution in [1.29, 1.82) is 0 Å². The molecule has 2 aromatic rings. The highest BCUT2D eigenvalue weighted by atomic mass is 16.3. The van der Waals surface area contributed by atoms with Crippen LogP contribution < -0.4 is 10.6 Å². The molecule has 5 nitrogen and oxygen atoms in total. The molecule has 20 heavy (non-hydrogen) atoms. The highest BCUT2D eigenvalue weighted by Gasteiger charge is 2.18. The summed E-state index contributed by atoms with van der Waals surface area (Å²) < 4.78 is 0. The van der Waals surface area contributed by atoms with Crippen molar-refractivity contribution in [3.8, 4) is 0 Å². The van der Waals surface area contributed by atoms with Crippen molar-refractivity contribution in [2.24, 2.45) is 0 Å². The lowest BCUT2D eigenvalue weighted by Crippen LogP contribution is -2.47. The van der Waals surface area contributed by atoms with Gasteiger partial charge in [-0.15, -0.1) is 0 Å². The standard InChI is InChI=1S/C15H20N4O/c16-14-1-2-15(13-11-17-4-3-12(13)14)19-7-5-18(6-8-19)9-10-20/h1-4,11,20H,5-10,16H2. The molecule has 0 radical (unpaired) electrons. The van der Waals surface area contributed by atoms with Gasteiger partial charge in [0.15, 0.2) is 0 Å². The predicted octanol–water partition coefficient (Wildman–Crippen LogP) is 0.931. The number of pyridine rings is 1. The van der Waals surface area contributed by atoms with Crippen molar-refractivity contribution in [2.45, 2.75) is 0 Å². The number of nitrogens with zero attached hydrogens (tertiary/aromatic N) is 3. The second-order valence-corrected chi connectivity index (χ2v) is 5.15. The third kappa shape index (κ3) is 2.42. The van der Waals surface area contributed by atoms with E-state index in [1.165, 1.54) is 5.69 Å². The molecule has 3 rings (SSSR count). The topological polar surface area (TPSA) is 65.6 Å². The van der Waals surface area contributed by atoms with Gasteiger partial charge in [-0.3, -0.25) is 9.88 Å². The molecule has 5 heteroatoms. The quantitative estimate of drug-likeness (QED) is 0.814. The van der Waals surface area contributed by atoms with Gasteiger partial charge in [0.25, 0.3) is 0 Å². The Kier molecular flexibility index (Phi) is 3.71. The van der Waals surface area contributed by atoms with Gasteiger partial charge < -0.3 is 15.7 Å². The van der Waals surface area contributed by atoms with E-state index in [9.17, 15) is 0 Å². The Morgan fingerprint density at radius 2 is 1.90 bits per heavy atom. The van der Waals surface area contributed by atoms with Crippen molar-refractivity contribution >= 4 is 22.1 Å². The van der Waals surface area contributed by atoms with Crippen LogP contribution in [0.25, 0.3) is 10.8 Å². The molecule has 1 saturated heterocycles. The fourth-order valence-electron chi connectivity index (χ4n) is 2.83. The zero-order chi connectivity index (χ0) is 13.9. The molecular formula is C15H20N4O. The summed E-state index contributed by atoms with van der Waals surface area (Å²) in [5.41, 5.74) is 8.03. The van der Waals surface area contributed by atoms with Crippen LogP contribution in [0.2, 0.25) is 0 Å². The maximum atomic E-state index is 9.00. The van der Waals surface area contributed by atoms with Gasteiger partial charge in [-0.1, -0.05) is 0 Å². The number of rotatable bonds is 3. The fraction of sp³-hybridized carbons (Fsp3) is 0.400. The first-order valence-corrected chi connectivity index (χ1v) is 7.00. The van der Waals surface area contributed by atoms with E-state index in [1.54, 1.807) is 6.20 Å². The number of benzene rings is 1. The van der Waals surface area contributed by atoms with Crippen LogP contribution in [0.5, 0.6) is 0 Å². The van der Waals surface area contributed by atoms with E-state index in [1.807, 2.05) is 18.3 Å². The number of anilines is 2. The molecule has 2 heterocycles. The summed E-state index contributed by atoms with van der Waals surface area (Å²) in [6, 6.07) is 6.02. The summed E-state index contributed by atoms with van der Waals surface area (Å²) in [4.78, 5) is 8.89. The van der Waals surface area contributed by atoms with Gasteiger partial charge in [-0.25, -0.2) is 0 Å². The average Bonchev–Trinajstić information content (AvgIpc) is 2.49. The van der Waals surface area contributed by atoms with Gasteiger partial charge in [-0.05, 0) is 18.2 Å². The van der Waals surface area contributed by atoms with Crippen LogP contribution >= 0.6 is 0 Å². The number of nitrogens with two attached hydrogens (primary N) is 1. The number of hydrogen-bond acceptors (Lipinski definition) is 5. The molecule has 0 unspecified atom stereocenters. The normalized spacial score (nSPS) is 16.8. The Hall–Kier alpha value is -1.85. The first kappa shape index (κ1) is 13.1.